The van der Waals surface area contributed by atoms with E-state index < -0.39 is 159 Å². The number of methoxy groups -OCH3 is 1. The summed E-state index contributed by atoms with van der Waals surface area (Å²) in [7, 11) is 1.13. The van der Waals surface area contributed by atoms with Crippen molar-refractivity contribution in [3.05, 3.63) is 103 Å². The number of H-pyrrole nitrogens is 1. The van der Waals surface area contributed by atoms with Gasteiger partial charge in [-0.1, -0.05) is 98.9 Å². The standard InChI is InChI=1S/C54H82N4O18/c1-31-18-16-14-12-10-8-6-7-9-11-13-15-17-19-39(75-53-50(68)47(55)49(67)34(4)74-53)26-44-46(51(69)58-40(52(70)72-5)22-35-29-56-30-57-35)43(64)28-54(71,76-44)27-38(61)24-42(63)41(62)21-20-36(59)23-37(60)25-45(65)73-33(3)32(2)48(31)66/h6-19,29-34,36-44,46-50,53,59-64,66-68,71H,20-28,55H2,1-5H3,(H,56,57)(H,58,69)/b7-6+,10-8+,11-9+,14-12+,15-13+,18-16+,19-17+/t31-,32-,33-,34+,36+,37+,38-,39-,40?,41+,42+,43-,44-,46+,47-,48+,49+,50-,53-,54+/m0/s1. The SMILES string of the molecule is COC(=O)C(Cc1cnc[nH]1)NC(=O)[C@H]1[C@@H]2C[C@@H](O[C@@H]3O[C@H](C)[C@@H](O)[C@H](N)[C@@H]3O)/C=C/C=C/C=C/C=C/C=C/C=C/C=C/[C@H](C)[C@@H](O)[C@@H](C)[C@H](C)OC(=O)C[C@H](O)C[C@H](O)CC[C@@H](O)[C@H](O)C[C@H](O)C[C@](O)(C[C@@H]1O)O2. The molecule has 1 amide bonds. The predicted molar refractivity (Wildman–Crippen MR) is 276 cm³/mol. The third-order valence-corrected chi connectivity index (χ3v) is 13.8. The molecule has 76 heavy (non-hydrogen) atoms. The Balaban J connectivity index is 1.65. The molecule has 22 nitrogen and oxygen atoms in total. The van der Waals surface area contributed by atoms with Gasteiger partial charge in [-0.25, -0.2) is 9.78 Å². The second-order valence-corrected chi connectivity index (χ2v) is 20.1. The predicted octanol–water partition coefficient (Wildman–Crippen LogP) is 0.251. The molecule has 0 saturated carbocycles. The molecule has 4 heterocycles. The number of aliphatic hydroxyl groups excluding tert-OH is 9. The minimum Gasteiger partial charge on any atom is -0.467 e. The molecule has 426 valence electrons. The van der Waals surface area contributed by atoms with E-state index in [1.165, 1.54) is 25.5 Å². The van der Waals surface area contributed by atoms with Gasteiger partial charge in [0.05, 0.1) is 99.0 Å². The number of aromatic amines is 1. The molecule has 20 atom stereocenters. The number of cyclic esters (lactones) is 1. The number of rotatable bonds is 7. The van der Waals surface area contributed by atoms with Crippen LogP contribution in [0, 0.1) is 17.8 Å². The number of carbonyl (C=O) groups is 3. The van der Waals surface area contributed by atoms with E-state index in [0.29, 0.717) is 5.69 Å². The molecule has 2 saturated heterocycles. The second-order valence-electron chi connectivity index (χ2n) is 20.1. The summed E-state index contributed by atoms with van der Waals surface area (Å²) < 4.78 is 28.8. The summed E-state index contributed by atoms with van der Waals surface area (Å²) in [6.45, 7) is 6.74. The largest absolute Gasteiger partial charge is 0.467 e. The Morgan fingerprint density at radius 2 is 1.38 bits per heavy atom. The van der Waals surface area contributed by atoms with Crippen LogP contribution in [-0.4, -0.2) is 190 Å². The number of hydrogen-bond donors (Lipinski definition) is 13. The highest BCUT2D eigenvalue weighted by Crippen LogP contribution is 2.38. The molecule has 3 aliphatic heterocycles. The third-order valence-electron chi connectivity index (χ3n) is 13.8. The zero-order valence-corrected chi connectivity index (χ0v) is 43.8. The fourth-order valence-electron chi connectivity index (χ4n) is 9.21. The first-order chi connectivity index (χ1) is 36.0. The molecule has 14 N–H and O–H groups in total. The van der Waals surface area contributed by atoms with Gasteiger partial charge < -0.3 is 90.8 Å². The number of nitrogens with two attached hydrogens (primary N) is 1. The molecule has 4 rings (SSSR count). The fourth-order valence-corrected chi connectivity index (χ4v) is 9.21. The quantitative estimate of drug-likeness (QED) is 0.163. The highest BCUT2D eigenvalue weighted by Gasteiger charge is 2.51. The minimum atomic E-state index is -2.39. The van der Waals surface area contributed by atoms with Gasteiger partial charge in [0.2, 0.25) is 5.91 Å². The Labute approximate surface area is 444 Å². The van der Waals surface area contributed by atoms with Gasteiger partial charge in [-0.3, -0.25) is 9.59 Å². The molecular formula is C54H82N4O18. The van der Waals surface area contributed by atoms with Crippen molar-refractivity contribution in [1.82, 2.24) is 15.3 Å². The van der Waals surface area contributed by atoms with Crippen LogP contribution >= 0.6 is 0 Å². The van der Waals surface area contributed by atoms with Crippen LogP contribution in [0.5, 0.6) is 0 Å². The number of allylic oxidation sites excluding steroid dienone is 12. The summed E-state index contributed by atoms with van der Waals surface area (Å²) in [6, 6.07) is -2.47. The van der Waals surface area contributed by atoms with Gasteiger partial charge in [-0.05, 0) is 33.1 Å². The van der Waals surface area contributed by atoms with Crippen molar-refractivity contribution in [1.29, 1.82) is 0 Å². The van der Waals surface area contributed by atoms with Crippen molar-refractivity contribution in [2.75, 3.05) is 7.11 Å². The lowest BCUT2D eigenvalue weighted by atomic mass is 9.82. The highest BCUT2D eigenvalue weighted by atomic mass is 16.7. The van der Waals surface area contributed by atoms with Crippen LogP contribution in [0.1, 0.15) is 84.8 Å². The molecule has 0 spiro atoms. The zero-order chi connectivity index (χ0) is 56.1. The normalized spacial score (nSPS) is 40.9. The van der Waals surface area contributed by atoms with Gasteiger partial charge in [-0.15, -0.1) is 0 Å². The number of aromatic nitrogens is 2. The molecule has 0 radical (unpaired) electrons. The molecule has 3 aliphatic rings. The van der Waals surface area contributed by atoms with E-state index in [-0.39, 0.29) is 38.0 Å². The van der Waals surface area contributed by atoms with E-state index in [9.17, 15) is 65.4 Å². The van der Waals surface area contributed by atoms with Gasteiger partial charge >= 0.3 is 11.9 Å². The molecule has 1 aromatic rings. The second kappa shape index (κ2) is 31.6. The topological polar surface area (TPSA) is 366 Å². The van der Waals surface area contributed by atoms with Crippen LogP contribution in [0.4, 0.5) is 0 Å². The summed E-state index contributed by atoms with van der Waals surface area (Å²) in [5.74, 6) is -7.14. The Bertz CT molecular complexity index is 2130. The van der Waals surface area contributed by atoms with Gasteiger partial charge in [-0.2, -0.15) is 0 Å². The molecule has 1 aromatic heterocycles. The molecule has 2 fully saturated rings. The number of fused-ring (bicyclic) bond motifs is 2. The number of hydrogen-bond acceptors (Lipinski definition) is 20. The molecule has 1 unspecified atom stereocenters. The van der Waals surface area contributed by atoms with Crippen LogP contribution < -0.4 is 11.1 Å². The van der Waals surface area contributed by atoms with E-state index >= 15 is 0 Å². The van der Waals surface area contributed by atoms with E-state index in [0.717, 1.165) is 7.11 Å². The lowest BCUT2D eigenvalue weighted by Crippen LogP contribution is -2.62. The van der Waals surface area contributed by atoms with Crippen LogP contribution in [0.2, 0.25) is 0 Å². The first-order valence-corrected chi connectivity index (χ1v) is 25.8. The number of ether oxygens (including phenoxy) is 5. The van der Waals surface area contributed by atoms with Crippen LogP contribution in [-0.2, 0) is 44.5 Å². The van der Waals surface area contributed by atoms with Crippen molar-refractivity contribution in [2.24, 2.45) is 23.5 Å². The van der Waals surface area contributed by atoms with Gasteiger partial charge in [0.15, 0.2) is 12.1 Å². The zero-order valence-electron chi connectivity index (χ0n) is 43.8. The van der Waals surface area contributed by atoms with Crippen molar-refractivity contribution < 1.29 is 89.1 Å². The number of carbonyl (C=O) groups excluding carboxylic acids is 3. The maximum atomic E-state index is 14.3. The Kier molecular flexibility index (Phi) is 26.5. The van der Waals surface area contributed by atoms with Gasteiger partial charge in [0, 0.05) is 55.8 Å². The summed E-state index contributed by atoms with van der Waals surface area (Å²) >= 11 is 0. The van der Waals surface area contributed by atoms with E-state index in [4.69, 9.17) is 29.4 Å². The number of aliphatic hydroxyl groups is 10. The average Bonchev–Trinajstić information content (AvgIpc) is 3.88. The Hall–Kier alpha value is -4.76. The van der Waals surface area contributed by atoms with Crippen molar-refractivity contribution in [2.45, 2.75) is 189 Å². The summed E-state index contributed by atoms with van der Waals surface area (Å²) in [4.78, 5) is 46.8. The van der Waals surface area contributed by atoms with E-state index in [1.807, 2.05) is 13.0 Å². The molecule has 2 bridgehead atoms. The number of imidazole rings is 1. The van der Waals surface area contributed by atoms with Gasteiger partial charge in [0.25, 0.3) is 0 Å². The molecule has 0 aliphatic carbocycles. The van der Waals surface area contributed by atoms with Crippen molar-refractivity contribution in [3.8, 4) is 0 Å². The molecular weight excluding hydrogens is 993 g/mol. The maximum Gasteiger partial charge on any atom is 0.328 e. The first kappa shape index (κ1) is 63.8. The van der Waals surface area contributed by atoms with Crippen molar-refractivity contribution in [3.63, 3.8) is 0 Å². The smallest absolute Gasteiger partial charge is 0.328 e. The lowest BCUT2D eigenvalue weighted by molar-refractivity contribution is -0.307. The van der Waals surface area contributed by atoms with Gasteiger partial charge in [0.1, 0.15) is 18.2 Å². The molecule has 0 aromatic carbocycles. The number of esters is 2. The van der Waals surface area contributed by atoms with E-state index in [2.05, 4.69) is 15.3 Å². The van der Waals surface area contributed by atoms with Crippen LogP contribution in [0.25, 0.3) is 0 Å². The Morgan fingerprint density at radius 1 is 0.763 bits per heavy atom. The Morgan fingerprint density at radius 3 is 1.99 bits per heavy atom. The molecule has 22 heteroatoms. The fraction of sp³-hybridized carbons (Fsp3) is 0.630. The summed E-state index contributed by atoms with van der Waals surface area (Å²) in [5.41, 5.74) is 6.60. The average molecular weight is 1080 g/mol. The third kappa shape index (κ3) is 20.6. The number of nitrogens with one attached hydrogen (secondary N) is 2. The highest BCUT2D eigenvalue weighted by molar-refractivity contribution is 5.86. The van der Waals surface area contributed by atoms with E-state index in [1.54, 1.807) is 86.8 Å². The lowest BCUT2D eigenvalue weighted by Gasteiger charge is -2.46. The van der Waals surface area contributed by atoms with Crippen LogP contribution in [0.15, 0.2) is 97.6 Å². The number of nitrogens with zero attached hydrogens (tertiary/aromatic N) is 1. The van der Waals surface area contributed by atoms with Crippen molar-refractivity contribution >= 4 is 17.8 Å². The summed E-state index contributed by atoms with van der Waals surface area (Å²) in [6.07, 6.45) is 5.54. The first-order valence-electron chi connectivity index (χ1n) is 25.8. The summed E-state index contributed by atoms with van der Waals surface area (Å²) in [5, 5.41) is 113. The minimum absolute atomic E-state index is 0.0855. The maximum absolute atomic E-state index is 14.3. The monoisotopic (exact) mass is 1070 g/mol. The van der Waals surface area contributed by atoms with Crippen LogP contribution in [0.3, 0.4) is 0 Å². The number of amides is 1.